The second kappa shape index (κ2) is 4.91. The zero-order valence-electron chi connectivity index (χ0n) is 7.16. The van der Waals surface area contributed by atoms with Crippen LogP contribution in [-0.2, 0) is 15.5 Å². The Hall–Kier alpha value is 0.0300. The van der Waals surface area contributed by atoms with Crippen molar-refractivity contribution in [1.82, 2.24) is 5.32 Å². The van der Waals surface area contributed by atoms with Gasteiger partial charge in [-0.15, -0.1) is 0 Å². The van der Waals surface area contributed by atoms with Gasteiger partial charge in [-0.1, -0.05) is 0 Å². The van der Waals surface area contributed by atoms with Crippen LogP contribution in [0.25, 0.3) is 0 Å². The molecule has 0 spiro atoms. The molecule has 0 aromatic rings. The number of piperidine rings is 1. The van der Waals surface area contributed by atoms with Crippen molar-refractivity contribution < 1.29 is 12.9 Å². The zero-order valence-corrected chi connectivity index (χ0v) is 7.97. The molecule has 1 heterocycles. The van der Waals surface area contributed by atoms with E-state index in [0.717, 1.165) is 25.9 Å². The molecular weight excluding hydrogens is 178 g/mol. The first-order valence-electron chi connectivity index (χ1n) is 4.19. The van der Waals surface area contributed by atoms with Crippen LogP contribution >= 0.6 is 0 Å². The van der Waals surface area contributed by atoms with Crippen LogP contribution in [0.4, 0.5) is 0 Å². The molecule has 5 heteroatoms. The van der Waals surface area contributed by atoms with Crippen LogP contribution in [-0.4, -0.2) is 28.0 Å². The van der Waals surface area contributed by atoms with Gasteiger partial charge < -0.3 is 5.32 Å². The lowest BCUT2D eigenvalue weighted by atomic mass is 9.93. The minimum atomic E-state index is -2.12. The molecule has 4 nitrogen and oxygen atoms in total. The monoisotopic (exact) mass is 193 g/mol. The summed E-state index contributed by atoms with van der Waals surface area (Å²) in [4.78, 5) is 0. The van der Waals surface area contributed by atoms with Crippen molar-refractivity contribution in [2.24, 2.45) is 5.92 Å². The SMILES string of the molecule is CC(OS(=O)O)C1CCNCC1. The van der Waals surface area contributed by atoms with Crippen LogP contribution in [0.2, 0.25) is 0 Å². The first-order chi connectivity index (χ1) is 5.70. The quantitative estimate of drug-likeness (QED) is 0.642. The zero-order chi connectivity index (χ0) is 8.97. The van der Waals surface area contributed by atoms with Crippen LogP contribution in [0.15, 0.2) is 0 Å². The highest BCUT2D eigenvalue weighted by molar-refractivity contribution is 7.74. The highest BCUT2D eigenvalue weighted by atomic mass is 32.2. The Balaban J connectivity index is 2.29. The van der Waals surface area contributed by atoms with Crippen molar-refractivity contribution in [3.63, 3.8) is 0 Å². The molecule has 1 rings (SSSR count). The number of hydrogen-bond donors (Lipinski definition) is 2. The average Bonchev–Trinajstić information content (AvgIpc) is 2.05. The smallest absolute Gasteiger partial charge is 0.302 e. The molecule has 2 unspecified atom stereocenters. The molecule has 0 amide bonds. The van der Waals surface area contributed by atoms with E-state index in [0.29, 0.717) is 5.92 Å². The van der Waals surface area contributed by atoms with Gasteiger partial charge in [-0.3, -0.25) is 8.74 Å². The molecule has 0 radical (unpaired) electrons. The Bertz CT molecular complexity index is 159. The molecule has 0 saturated carbocycles. The summed E-state index contributed by atoms with van der Waals surface area (Å²) in [6.07, 6.45) is 1.94. The molecule has 2 N–H and O–H groups in total. The van der Waals surface area contributed by atoms with Crippen LogP contribution < -0.4 is 5.32 Å². The Morgan fingerprint density at radius 3 is 2.67 bits per heavy atom. The molecule has 12 heavy (non-hydrogen) atoms. The van der Waals surface area contributed by atoms with Crippen molar-refractivity contribution in [3.05, 3.63) is 0 Å². The van der Waals surface area contributed by atoms with Gasteiger partial charge in [0.05, 0.1) is 6.10 Å². The number of nitrogens with one attached hydrogen (secondary N) is 1. The lowest BCUT2D eigenvalue weighted by Gasteiger charge is -2.26. The molecule has 0 aromatic carbocycles. The van der Waals surface area contributed by atoms with E-state index < -0.39 is 11.4 Å². The summed E-state index contributed by atoms with van der Waals surface area (Å²) in [5, 5.41) is 3.23. The van der Waals surface area contributed by atoms with E-state index in [4.69, 9.17) is 8.74 Å². The maximum Gasteiger partial charge on any atom is 0.302 e. The normalized spacial score (nSPS) is 25.2. The van der Waals surface area contributed by atoms with E-state index in [-0.39, 0.29) is 6.10 Å². The molecule has 1 fully saturated rings. The van der Waals surface area contributed by atoms with Gasteiger partial charge in [0.15, 0.2) is 0 Å². The summed E-state index contributed by atoms with van der Waals surface area (Å²) < 4.78 is 23.6. The van der Waals surface area contributed by atoms with Gasteiger partial charge in [0, 0.05) is 0 Å². The summed E-state index contributed by atoms with van der Waals surface area (Å²) in [5.41, 5.74) is 0. The van der Waals surface area contributed by atoms with Crippen molar-refractivity contribution in [2.75, 3.05) is 13.1 Å². The van der Waals surface area contributed by atoms with Gasteiger partial charge in [0.25, 0.3) is 0 Å². The second-order valence-corrected chi connectivity index (χ2v) is 3.73. The van der Waals surface area contributed by atoms with Crippen LogP contribution in [0, 0.1) is 5.92 Å². The minimum Gasteiger partial charge on any atom is -0.317 e. The van der Waals surface area contributed by atoms with Gasteiger partial charge in [0.2, 0.25) is 0 Å². The molecule has 2 atom stereocenters. The highest BCUT2D eigenvalue weighted by Crippen LogP contribution is 2.18. The topological polar surface area (TPSA) is 58.6 Å². The molecule has 1 aliphatic heterocycles. The predicted octanol–water partition coefficient (Wildman–Crippen LogP) is 0.528. The van der Waals surface area contributed by atoms with Crippen LogP contribution in [0.3, 0.4) is 0 Å². The van der Waals surface area contributed by atoms with Crippen molar-refractivity contribution in [3.8, 4) is 0 Å². The summed E-state index contributed by atoms with van der Waals surface area (Å²) in [5.74, 6) is 0.419. The van der Waals surface area contributed by atoms with Gasteiger partial charge in [0.1, 0.15) is 0 Å². The number of rotatable bonds is 3. The van der Waals surface area contributed by atoms with E-state index in [1.165, 1.54) is 0 Å². The number of hydrogen-bond acceptors (Lipinski definition) is 3. The summed E-state index contributed by atoms with van der Waals surface area (Å²) in [6, 6.07) is 0. The molecule has 0 aromatic heterocycles. The van der Waals surface area contributed by atoms with Crippen molar-refractivity contribution >= 4 is 11.4 Å². The van der Waals surface area contributed by atoms with Crippen molar-refractivity contribution in [2.45, 2.75) is 25.9 Å². The standard InChI is InChI=1S/C7H15NO3S/c1-6(11-12(9)10)7-2-4-8-5-3-7/h6-8H,2-5H2,1H3,(H,9,10). The molecule has 72 valence electrons. The van der Waals surface area contributed by atoms with Crippen molar-refractivity contribution in [1.29, 1.82) is 0 Å². The van der Waals surface area contributed by atoms with Gasteiger partial charge in [-0.2, -0.15) is 4.21 Å². The summed E-state index contributed by atoms with van der Waals surface area (Å²) in [6.45, 7) is 3.82. The van der Waals surface area contributed by atoms with E-state index in [9.17, 15) is 4.21 Å². The average molecular weight is 193 g/mol. The van der Waals surface area contributed by atoms with Gasteiger partial charge >= 0.3 is 11.4 Å². The fourth-order valence-electron chi connectivity index (χ4n) is 1.52. The Labute approximate surface area is 75.2 Å². The fourth-order valence-corrected chi connectivity index (χ4v) is 1.94. The maximum atomic E-state index is 10.3. The first kappa shape index (κ1) is 10.1. The van der Waals surface area contributed by atoms with E-state index in [2.05, 4.69) is 5.32 Å². The first-order valence-corrected chi connectivity index (χ1v) is 5.22. The largest absolute Gasteiger partial charge is 0.317 e. The molecule has 0 bridgehead atoms. The van der Waals surface area contributed by atoms with E-state index >= 15 is 0 Å². The lowest BCUT2D eigenvalue weighted by molar-refractivity contribution is 0.132. The lowest BCUT2D eigenvalue weighted by Crippen LogP contribution is -2.34. The van der Waals surface area contributed by atoms with Crippen LogP contribution in [0.5, 0.6) is 0 Å². The highest BCUT2D eigenvalue weighted by Gasteiger charge is 2.21. The summed E-state index contributed by atoms with van der Waals surface area (Å²) >= 11 is -2.12. The molecule has 1 aliphatic rings. The van der Waals surface area contributed by atoms with Crippen LogP contribution in [0.1, 0.15) is 19.8 Å². The summed E-state index contributed by atoms with van der Waals surface area (Å²) in [7, 11) is 0. The Kier molecular flexibility index (Phi) is 4.14. The molecular formula is C7H15NO3S. The predicted molar refractivity (Wildman–Crippen MR) is 46.9 cm³/mol. The molecule has 1 saturated heterocycles. The second-order valence-electron chi connectivity index (χ2n) is 3.11. The van der Waals surface area contributed by atoms with E-state index in [1.54, 1.807) is 0 Å². The van der Waals surface area contributed by atoms with E-state index in [1.807, 2.05) is 6.92 Å². The third-order valence-electron chi connectivity index (χ3n) is 2.28. The Morgan fingerprint density at radius 2 is 2.17 bits per heavy atom. The van der Waals surface area contributed by atoms with Gasteiger partial charge in [-0.25, -0.2) is 0 Å². The van der Waals surface area contributed by atoms with Gasteiger partial charge in [-0.05, 0) is 38.8 Å². The third-order valence-corrected chi connectivity index (χ3v) is 2.75. The molecule has 0 aliphatic carbocycles. The fraction of sp³-hybridized carbons (Fsp3) is 1.00. The third kappa shape index (κ3) is 3.18. The Morgan fingerprint density at radius 1 is 1.58 bits per heavy atom. The minimum absolute atomic E-state index is 0.113. The maximum absolute atomic E-state index is 10.3.